The molecule has 3 aromatic rings. The van der Waals surface area contributed by atoms with E-state index in [0.717, 1.165) is 55.5 Å². The highest BCUT2D eigenvalue weighted by Crippen LogP contribution is 2.67. The molecule has 1 aromatic heterocycles. The number of hydrogen-bond acceptors (Lipinski definition) is 6. The maximum atomic E-state index is 12.5. The number of likely N-dealkylation sites (tertiary alicyclic amines) is 1. The number of rotatable bonds is 10. The molecule has 16 heteroatoms. The highest BCUT2D eigenvalue weighted by Gasteiger charge is 2.59. The Kier molecular flexibility index (Phi) is 15.3. The van der Waals surface area contributed by atoms with Crippen molar-refractivity contribution in [2.24, 2.45) is 0 Å². The minimum absolute atomic E-state index is 0.230. The number of amides is 1. The highest BCUT2D eigenvalue weighted by atomic mass is 32.0. The summed E-state index contributed by atoms with van der Waals surface area (Å²) in [4.78, 5) is 55.8. The van der Waals surface area contributed by atoms with Crippen LogP contribution < -0.4 is 4.90 Å². The monoisotopic (exact) mass is 674 g/mol. The van der Waals surface area contributed by atoms with Crippen molar-refractivity contribution >= 4 is 44.6 Å². The van der Waals surface area contributed by atoms with Crippen LogP contribution in [0, 0.1) is 0 Å². The molecule has 2 unspecified atom stereocenters. The first-order valence-electron chi connectivity index (χ1n) is 13.6. The van der Waals surface area contributed by atoms with Crippen LogP contribution >= 0.6 is 33.0 Å². The molecule has 2 aromatic carbocycles. The lowest BCUT2D eigenvalue weighted by Crippen LogP contribution is -2.47. The fraction of sp³-hybridized carbons (Fsp3) is 0.407. The molecular formula is C27H42N4O8P4. The lowest BCUT2D eigenvalue weighted by Gasteiger charge is -2.38. The Labute approximate surface area is 257 Å². The Bertz CT molecular complexity index is 1290. The van der Waals surface area contributed by atoms with Gasteiger partial charge < -0.3 is 39.0 Å². The molecule has 5 N–H and O–H groups in total. The summed E-state index contributed by atoms with van der Waals surface area (Å²) < 4.78 is 22.8. The summed E-state index contributed by atoms with van der Waals surface area (Å²) >= 11 is 0. The van der Waals surface area contributed by atoms with Gasteiger partial charge in [0.1, 0.15) is 0 Å². The summed E-state index contributed by atoms with van der Waals surface area (Å²) in [5, 5.41) is 6.04. The fourth-order valence-corrected chi connectivity index (χ4v) is 6.68. The van der Waals surface area contributed by atoms with Crippen molar-refractivity contribution in [2.45, 2.75) is 50.3 Å². The molecule has 0 bridgehead atoms. The van der Waals surface area contributed by atoms with Crippen LogP contribution in [0.15, 0.2) is 79.4 Å². The van der Waals surface area contributed by atoms with Crippen LogP contribution in [0.2, 0.25) is 0 Å². The van der Waals surface area contributed by atoms with Crippen LogP contribution in [0.3, 0.4) is 0 Å². The van der Waals surface area contributed by atoms with E-state index >= 15 is 0 Å². The number of nitrogens with zero attached hydrogens (tertiary/aromatic N) is 4. The van der Waals surface area contributed by atoms with Gasteiger partial charge in [0.2, 0.25) is 5.91 Å². The zero-order chi connectivity index (χ0) is 32.1. The van der Waals surface area contributed by atoms with Crippen molar-refractivity contribution in [3.8, 4) is 0 Å². The third-order valence-electron chi connectivity index (χ3n) is 6.97. The first-order valence-corrected chi connectivity index (χ1v) is 19.5. The maximum absolute atomic E-state index is 12.5. The summed E-state index contributed by atoms with van der Waals surface area (Å²) in [5.74, 6) is 0.230. The third kappa shape index (κ3) is 10.9. The molecule has 43 heavy (non-hydrogen) atoms. The summed E-state index contributed by atoms with van der Waals surface area (Å²) in [6.07, 6.45) is 7.27. The van der Waals surface area contributed by atoms with E-state index in [1.165, 1.54) is 18.0 Å². The van der Waals surface area contributed by atoms with Gasteiger partial charge in [0.15, 0.2) is 0 Å². The summed E-state index contributed by atoms with van der Waals surface area (Å²) in [5.41, 5.74) is 2.44. The van der Waals surface area contributed by atoms with Gasteiger partial charge in [-0.2, -0.15) is 0 Å². The Morgan fingerprint density at radius 3 is 1.98 bits per heavy atom. The average molecular weight is 675 g/mol. The SMILES string of the molecule is CCC(=O)N(c1ccccc1)C1CCN(CCc2ccccc2)CC1.O=P(O)(O)C(O)(Cn1ccnc1)P(=O)(O)O.PP. The standard InChI is InChI=1S/C22H28N2O.C5H10N2O7P2.H4P2/c1-2-22(25)24(20-11-7-4-8-12-20)21-14-17-23(18-15-21)16-13-19-9-5-3-6-10-19;8-5(15(9,10)11,16(12,13)14)3-7-2-1-6-4-7;1-2/h3-12,21H,2,13-18H2,1H3;1-2,4,8H,3H2,(H2,9,10,11)(H2,12,13,14);1-2H2. The van der Waals surface area contributed by atoms with Crippen molar-refractivity contribution < 1.29 is 38.6 Å². The van der Waals surface area contributed by atoms with Crippen LogP contribution in [0.25, 0.3) is 0 Å². The van der Waals surface area contributed by atoms with Crippen LogP contribution in [-0.4, -0.2) is 75.8 Å². The highest BCUT2D eigenvalue weighted by molar-refractivity contribution is 7.92. The molecule has 0 aliphatic carbocycles. The molecule has 2 atom stereocenters. The van der Waals surface area contributed by atoms with Gasteiger partial charge in [-0.3, -0.25) is 13.9 Å². The number of imidazole rings is 1. The zero-order valence-electron chi connectivity index (χ0n) is 24.0. The van der Waals surface area contributed by atoms with Gasteiger partial charge in [-0.1, -0.05) is 55.5 Å². The molecule has 2 heterocycles. The quantitative estimate of drug-likeness (QED) is 0.200. The number of anilines is 1. The molecule has 1 aliphatic rings. The number of hydrogen-bond donors (Lipinski definition) is 5. The van der Waals surface area contributed by atoms with Gasteiger partial charge >= 0.3 is 15.2 Å². The normalized spacial score (nSPS) is 14.6. The molecule has 12 nitrogen and oxygen atoms in total. The van der Waals surface area contributed by atoms with Crippen LogP contribution in [0.5, 0.6) is 0 Å². The number of para-hydroxylation sites is 1. The minimum Gasteiger partial charge on any atom is -0.366 e. The fourth-order valence-electron chi connectivity index (χ4n) is 4.63. The van der Waals surface area contributed by atoms with Crippen molar-refractivity contribution in [1.82, 2.24) is 14.5 Å². The van der Waals surface area contributed by atoms with E-state index in [4.69, 9.17) is 19.6 Å². The van der Waals surface area contributed by atoms with Crippen LogP contribution in [-0.2, 0) is 26.9 Å². The van der Waals surface area contributed by atoms with Gasteiger partial charge in [0.25, 0.3) is 5.08 Å². The molecule has 1 amide bonds. The number of aromatic nitrogens is 2. The van der Waals surface area contributed by atoms with Crippen molar-refractivity contribution in [3.63, 3.8) is 0 Å². The lowest BCUT2D eigenvalue weighted by molar-refractivity contribution is -0.119. The number of aliphatic hydroxyl groups is 1. The predicted octanol–water partition coefficient (Wildman–Crippen LogP) is 3.67. The van der Waals surface area contributed by atoms with E-state index in [9.17, 15) is 19.0 Å². The second kappa shape index (κ2) is 17.6. The maximum Gasteiger partial charge on any atom is 0.371 e. The molecule has 0 saturated carbocycles. The van der Waals surface area contributed by atoms with E-state index < -0.39 is 26.8 Å². The molecule has 1 fully saturated rings. The van der Waals surface area contributed by atoms with Gasteiger partial charge in [-0.15, -0.1) is 17.9 Å². The van der Waals surface area contributed by atoms with E-state index in [0.29, 0.717) is 12.5 Å². The number of benzene rings is 2. The number of carbonyl (C=O) groups is 1. The molecule has 4 rings (SSSR count). The Morgan fingerprint density at radius 2 is 1.51 bits per heavy atom. The third-order valence-corrected chi connectivity index (χ3v) is 10.7. The summed E-state index contributed by atoms with van der Waals surface area (Å²) in [7, 11) is -6.15. The summed E-state index contributed by atoms with van der Waals surface area (Å²) in [6.45, 7) is 4.23. The van der Waals surface area contributed by atoms with E-state index in [1.54, 1.807) is 0 Å². The topological polar surface area (TPSA) is 177 Å². The van der Waals surface area contributed by atoms with Crippen molar-refractivity contribution in [3.05, 3.63) is 84.9 Å². The lowest BCUT2D eigenvalue weighted by atomic mass is 10.0. The van der Waals surface area contributed by atoms with Gasteiger partial charge in [-0.25, -0.2) is 4.98 Å². The van der Waals surface area contributed by atoms with Crippen molar-refractivity contribution in [2.75, 3.05) is 24.5 Å². The Hall–Kier alpha value is -1.80. The first-order chi connectivity index (χ1) is 20.4. The first kappa shape index (κ1) is 37.4. The molecule has 0 radical (unpaired) electrons. The Morgan fingerprint density at radius 1 is 0.977 bits per heavy atom. The molecular weight excluding hydrogens is 632 g/mol. The van der Waals surface area contributed by atoms with E-state index in [2.05, 4.69) is 70.2 Å². The number of carbonyl (C=O) groups excluding carboxylic acids is 1. The van der Waals surface area contributed by atoms with Crippen LogP contribution in [0.1, 0.15) is 31.7 Å². The average Bonchev–Trinajstić information content (AvgIpc) is 3.51. The predicted molar refractivity (Wildman–Crippen MR) is 175 cm³/mol. The smallest absolute Gasteiger partial charge is 0.366 e. The summed E-state index contributed by atoms with van der Waals surface area (Å²) in [6, 6.07) is 21.1. The molecule has 1 saturated heterocycles. The second-order valence-electron chi connectivity index (χ2n) is 9.86. The zero-order valence-corrected chi connectivity index (χ0v) is 28.1. The molecule has 1 aliphatic heterocycles. The number of piperidine rings is 1. The van der Waals surface area contributed by atoms with E-state index in [-0.39, 0.29) is 5.91 Å². The minimum atomic E-state index is -5.41. The van der Waals surface area contributed by atoms with Gasteiger partial charge in [-0.05, 0) is 37.0 Å². The van der Waals surface area contributed by atoms with E-state index in [1.807, 2.05) is 30.0 Å². The molecule has 0 spiro atoms. The second-order valence-corrected chi connectivity index (χ2v) is 13.9. The van der Waals surface area contributed by atoms with Crippen molar-refractivity contribution in [1.29, 1.82) is 0 Å². The van der Waals surface area contributed by atoms with Gasteiger partial charge in [0, 0.05) is 50.2 Å². The Balaban J connectivity index is 0.000000310. The largest absolute Gasteiger partial charge is 0.371 e. The molecule has 238 valence electrons. The van der Waals surface area contributed by atoms with Crippen LogP contribution in [0.4, 0.5) is 5.69 Å². The van der Waals surface area contributed by atoms with Gasteiger partial charge in [0.05, 0.1) is 12.9 Å².